The Morgan fingerprint density at radius 2 is 1.04 bits per heavy atom. The quantitative estimate of drug-likeness (QED) is 0.194. The highest BCUT2D eigenvalue weighted by atomic mass is 32.1. The minimum atomic E-state index is 0.589. The summed E-state index contributed by atoms with van der Waals surface area (Å²) in [6, 6.07) is 44.6. The third kappa shape index (κ3) is 4.17. The molecule has 0 bridgehead atoms. The summed E-state index contributed by atoms with van der Waals surface area (Å²) in [5.41, 5.74) is 8.04. The van der Waals surface area contributed by atoms with Crippen LogP contribution in [-0.2, 0) is 0 Å². The average Bonchev–Trinajstić information content (AvgIpc) is 3.85. The Labute approximate surface area is 271 Å². The summed E-state index contributed by atoms with van der Waals surface area (Å²) in [6.45, 7) is 0. The van der Waals surface area contributed by atoms with Gasteiger partial charge in [0.1, 0.15) is 27.3 Å². The van der Waals surface area contributed by atoms with E-state index in [1.807, 2.05) is 109 Å². The molecule has 0 saturated heterocycles. The minimum absolute atomic E-state index is 0.589. The van der Waals surface area contributed by atoms with Crippen LogP contribution in [0.1, 0.15) is 0 Å². The van der Waals surface area contributed by atoms with Gasteiger partial charge in [-0.3, -0.25) is 0 Å². The van der Waals surface area contributed by atoms with E-state index in [0.29, 0.717) is 17.5 Å². The molecule has 0 aliphatic rings. The Morgan fingerprint density at radius 3 is 1.81 bits per heavy atom. The number of fused-ring (bicyclic) bond motifs is 8. The Morgan fingerprint density at radius 1 is 0.426 bits per heavy atom. The zero-order chi connectivity index (χ0) is 30.9. The second kappa shape index (κ2) is 10.2. The van der Waals surface area contributed by atoms with Gasteiger partial charge in [0.25, 0.3) is 0 Å². The number of para-hydroxylation sites is 1. The number of aromatic nitrogens is 4. The van der Waals surface area contributed by atoms with Crippen LogP contribution in [0.25, 0.3) is 98.8 Å². The molecular weight excluding hydrogens is 601 g/mol. The molecule has 10 rings (SSSR count). The van der Waals surface area contributed by atoms with E-state index in [-0.39, 0.29) is 0 Å². The Bertz CT molecular complexity index is 2740. The molecular formula is C40H22N4O2S. The predicted octanol–water partition coefficient (Wildman–Crippen LogP) is 10.9. The normalized spacial score (nSPS) is 11.8. The molecule has 0 saturated carbocycles. The number of thiazole rings is 1. The average molecular weight is 623 g/mol. The third-order valence-corrected chi connectivity index (χ3v) is 9.70. The van der Waals surface area contributed by atoms with E-state index in [2.05, 4.69) is 24.3 Å². The van der Waals surface area contributed by atoms with Gasteiger partial charge in [-0.05, 0) is 36.4 Å². The topological polar surface area (TPSA) is 77.8 Å². The lowest BCUT2D eigenvalue weighted by atomic mass is 10.1. The van der Waals surface area contributed by atoms with Crippen molar-refractivity contribution >= 4 is 65.4 Å². The lowest BCUT2D eigenvalue weighted by Gasteiger charge is -2.08. The van der Waals surface area contributed by atoms with Gasteiger partial charge in [0, 0.05) is 43.8 Å². The Balaban J connectivity index is 1.13. The zero-order valence-electron chi connectivity index (χ0n) is 24.7. The number of hydrogen-bond donors (Lipinski definition) is 0. The lowest BCUT2D eigenvalue weighted by Crippen LogP contribution is -2.00. The van der Waals surface area contributed by atoms with Crippen molar-refractivity contribution in [2.45, 2.75) is 0 Å². The zero-order valence-corrected chi connectivity index (χ0v) is 25.5. The van der Waals surface area contributed by atoms with Crippen molar-refractivity contribution in [2.75, 3.05) is 0 Å². The highest BCUT2D eigenvalue weighted by molar-refractivity contribution is 7.22. The van der Waals surface area contributed by atoms with Crippen LogP contribution in [0.3, 0.4) is 0 Å². The molecule has 0 atom stereocenters. The van der Waals surface area contributed by atoms with Gasteiger partial charge in [-0.1, -0.05) is 97.1 Å². The van der Waals surface area contributed by atoms with Crippen LogP contribution in [0, 0.1) is 0 Å². The second-order valence-electron chi connectivity index (χ2n) is 11.4. The highest BCUT2D eigenvalue weighted by Crippen LogP contribution is 2.43. The van der Waals surface area contributed by atoms with Crippen molar-refractivity contribution in [3.05, 3.63) is 133 Å². The molecule has 0 N–H and O–H groups in total. The summed E-state index contributed by atoms with van der Waals surface area (Å²) in [7, 11) is 0. The molecule has 10 aromatic rings. The number of furan rings is 2. The summed E-state index contributed by atoms with van der Waals surface area (Å²) in [5, 5.41) is 5.21. The Kier molecular flexibility index (Phi) is 5.64. The van der Waals surface area contributed by atoms with Crippen LogP contribution in [0.4, 0.5) is 0 Å². The summed E-state index contributed by atoms with van der Waals surface area (Å²) in [5.74, 6) is 1.84. The molecule has 0 spiro atoms. The molecule has 4 heterocycles. The van der Waals surface area contributed by atoms with Gasteiger partial charge in [0.15, 0.2) is 17.5 Å². The van der Waals surface area contributed by atoms with E-state index in [9.17, 15) is 0 Å². The molecule has 0 fully saturated rings. The first-order valence-electron chi connectivity index (χ1n) is 15.3. The van der Waals surface area contributed by atoms with Crippen molar-refractivity contribution in [3.8, 4) is 44.7 Å². The number of rotatable bonds is 4. The fourth-order valence-electron chi connectivity index (χ4n) is 6.39. The standard InChI is InChI=1S/C40H22N4O2S/c1-3-10-23(11-4-1)37-42-38(24-12-5-2-6-13-24)44-39(43-37)25-18-19-27-33(22-25)46-32-21-20-29-36(35(27)32)47-40(41-29)28-15-9-17-31-34(28)26-14-7-8-16-30(26)45-31/h1-22H. The van der Waals surface area contributed by atoms with Gasteiger partial charge in [-0.15, -0.1) is 11.3 Å². The van der Waals surface area contributed by atoms with Crippen LogP contribution in [0.15, 0.2) is 142 Å². The van der Waals surface area contributed by atoms with E-state index in [0.717, 1.165) is 81.4 Å². The number of hydrogen-bond acceptors (Lipinski definition) is 7. The van der Waals surface area contributed by atoms with Gasteiger partial charge in [-0.25, -0.2) is 19.9 Å². The lowest BCUT2D eigenvalue weighted by molar-refractivity contribution is 0.669. The molecule has 0 aliphatic heterocycles. The summed E-state index contributed by atoms with van der Waals surface area (Å²) in [6.07, 6.45) is 0. The molecule has 6 aromatic carbocycles. The summed E-state index contributed by atoms with van der Waals surface area (Å²) in [4.78, 5) is 19.8. The molecule has 7 heteroatoms. The third-order valence-electron chi connectivity index (χ3n) is 8.58. The second-order valence-corrected chi connectivity index (χ2v) is 12.4. The molecule has 0 unspecified atom stereocenters. The minimum Gasteiger partial charge on any atom is -0.456 e. The maximum absolute atomic E-state index is 6.48. The van der Waals surface area contributed by atoms with Crippen molar-refractivity contribution in [1.29, 1.82) is 0 Å². The highest BCUT2D eigenvalue weighted by Gasteiger charge is 2.20. The van der Waals surface area contributed by atoms with Gasteiger partial charge >= 0.3 is 0 Å². The van der Waals surface area contributed by atoms with E-state index in [1.165, 1.54) is 0 Å². The van der Waals surface area contributed by atoms with Crippen LogP contribution in [-0.4, -0.2) is 19.9 Å². The largest absolute Gasteiger partial charge is 0.456 e. The van der Waals surface area contributed by atoms with Crippen molar-refractivity contribution < 1.29 is 8.83 Å². The van der Waals surface area contributed by atoms with Crippen molar-refractivity contribution in [1.82, 2.24) is 19.9 Å². The van der Waals surface area contributed by atoms with Crippen molar-refractivity contribution in [3.63, 3.8) is 0 Å². The van der Waals surface area contributed by atoms with Gasteiger partial charge in [-0.2, -0.15) is 0 Å². The monoisotopic (exact) mass is 622 g/mol. The molecule has 47 heavy (non-hydrogen) atoms. The maximum Gasteiger partial charge on any atom is 0.164 e. The fourth-order valence-corrected chi connectivity index (χ4v) is 7.54. The maximum atomic E-state index is 6.48. The molecule has 0 radical (unpaired) electrons. The number of benzene rings is 6. The fraction of sp³-hybridized carbons (Fsp3) is 0. The van der Waals surface area contributed by atoms with Gasteiger partial charge < -0.3 is 8.83 Å². The van der Waals surface area contributed by atoms with Crippen LogP contribution >= 0.6 is 11.3 Å². The first-order valence-corrected chi connectivity index (χ1v) is 16.1. The molecule has 0 aliphatic carbocycles. The van der Waals surface area contributed by atoms with Gasteiger partial charge in [0.2, 0.25) is 0 Å². The first-order chi connectivity index (χ1) is 23.3. The van der Waals surface area contributed by atoms with Crippen LogP contribution in [0.5, 0.6) is 0 Å². The molecule has 220 valence electrons. The van der Waals surface area contributed by atoms with Gasteiger partial charge in [0.05, 0.1) is 10.2 Å². The Hall–Kier alpha value is -6.18. The molecule has 0 amide bonds. The van der Waals surface area contributed by atoms with Crippen molar-refractivity contribution in [2.24, 2.45) is 0 Å². The SMILES string of the molecule is c1ccc(-c2nc(-c3ccccc3)nc(-c3ccc4c(c3)oc3ccc5nc(-c6cccc7oc8ccccc8c67)sc5c34)n2)cc1. The smallest absolute Gasteiger partial charge is 0.164 e. The number of nitrogens with zero attached hydrogens (tertiary/aromatic N) is 4. The van der Waals surface area contributed by atoms with E-state index in [4.69, 9.17) is 28.8 Å². The first kappa shape index (κ1) is 26.1. The van der Waals surface area contributed by atoms with Crippen LogP contribution < -0.4 is 0 Å². The van der Waals surface area contributed by atoms with E-state index in [1.54, 1.807) is 11.3 Å². The predicted molar refractivity (Wildman–Crippen MR) is 189 cm³/mol. The van der Waals surface area contributed by atoms with E-state index < -0.39 is 0 Å². The molecule has 4 aromatic heterocycles. The van der Waals surface area contributed by atoms with E-state index >= 15 is 0 Å². The molecule has 6 nitrogen and oxygen atoms in total. The summed E-state index contributed by atoms with van der Waals surface area (Å²) < 4.78 is 13.7. The summed E-state index contributed by atoms with van der Waals surface area (Å²) >= 11 is 1.68. The van der Waals surface area contributed by atoms with Crippen LogP contribution in [0.2, 0.25) is 0 Å².